The van der Waals surface area contributed by atoms with Gasteiger partial charge in [0.1, 0.15) is 11.4 Å². The Hall–Kier alpha value is -10.1. The van der Waals surface area contributed by atoms with Gasteiger partial charge in [0.15, 0.2) is 0 Å². The maximum Gasteiger partial charge on any atom is 0.352 e. The van der Waals surface area contributed by atoms with E-state index in [4.69, 9.17) is 20.9 Å². The number of fused-ring (bicyclic) bond motifs is 12. The molecule has 0 bridgehead atoms. The number of methoxy groups -OCH3 is 2. The molecule has 18 rings (SSSR count). The molecule has 0 spiro atoms. The Labute approximate surface area is 579 Å². The second-order valence-corrected chi connectivity index (χ2v) is 28.5. The molecular formula is C83H86N8O9. The number of benzene rings is 6. The van der Waals surface area contributed by atoms with Gasteiger partial charge in [0, 0.05) is 117 Å². The molecule has 6 N–H and O–H groups in total. The van der Waals surface area contributed by atoms with E-state index < -0.39 is 17.8 Å². The number of primary amides is 1. The fraction of sp³-hybridized carbons (Fsp3) is 0.361. The van der Waals surface area contributed by atoms with Gasteiger partial charge < -0.3 is 58.6 Å². The van der Waals surface area contributed by atoms with Gasteiger partial charge >= 0.3 is 23.9 Å². The third-order valence-corrected chi connectivity index (χ3v) is 23.0. The molecule has 6 aliphatic rings. The van der Waals surface area contributed by atoms with Crippen LogP contribution in [0.1, 0.15) is 208 Å². The first kappa shape index (κ1) is 64.5. The number of ether oxygens (including phenoxy) is 2. The maximum absolute atomic E-state index is 12.4. The van der Waals surface area contributed by atoms with Gasteiger partial charge in [-0.15, -0.1) is 0 Å². The van der Waals surface area contributed by atoms with E-state index in [-0.39, 0.29) is 11.9 Å². The molecule has 3 aliphatic heterocycles. The van der Waals surface area contributed by atoms with E-state index in [0.717, 1.165) is 108 Å². The van der Waals surface area contributed by atoms with Gasteiger partial charge in [-0.3, -0.25) is 4.79 Å². The lowest BCUT2D eigenvalue weighted by atomic mass is 9.81. The molecule has 3 aliphatic carbocycles. The van der Waals surface area contributed by atoms with Crippen LogP contribution < -0.4 is 11.5 Å². The van der Waals surface area contributed by atoms with Crippen molar-refractivity contribution in [3.8, 4) is 33.8 Å². The lowest BCUT2D eigenvalue weighted by Gasteiger charge is -2.25. The summed E-state index contributed by atoms with van der Waals surface area (Å²) in [6.07, 6.45) is 21.1. The molecule has 0 saturated heterocycles. The highest BCUT2D eigenvalue weighted by molar-refractivity contribution is 6.08. The van der Waals surface area contributed by atoms with Crippen LogP contribution in [-0.4, -0.2) is 81.6 Å². The number of hydrogen-bond acceptors (Lipinski definition) is 8. The summed E-state index contributed by atoms with van der Waals surface area (Å²) >= 11 is 0. The van der Waals surface area contributed by atoms with Crippen LogP contribution in [0.15, 0.2) is 127 Å². The van der Waals surface area contributed by atoms with Crippen molar-refractivity contribution in [2.24, 2.45) is 11.5 Å². The van der Waals surface area contributed by atoms with Crippen LogP contribution in [0.5, 0.6) is 0 Å². The number of carbonyl (C=O) groups is 5. The van der Waals surface area contributed by atoms with Gasteiger partial charge in [-0.05, 0) is 147 Å². The summed E-state index contributed by atoms with van der Waals surface area (Å²) in [6.45, 7) is 5.24. The summed E-state index contributed by atoms with van der Waals surface area (Å²) in [5.41, 5.74) is 33.4. The second-order valence-electron chi connectivity index (χ2n) is 28.5. The Bertz CT molecular complexity index is 5080. The van der Waals surface area contributed by atoms with Crippen molar-refractivity contribution in [1.82, 2.24) is 27.4 Å². The fourth-order valence-corrected chi connectivity index (χ4v) is 18.8. The number of carboxylic acids is 2. The third-order valence-electron chi connectivity index (χ3n) is 23.0. The van der Waals surface area contributed by atoms with E-state index in [9.17, 15) is 34.2 Å². The highest BCUT2D eigenvalue weighted by Gasteiger charge is 2.35. The van der Waals surface area contributed by atoms with E-state index in [1.165, 1.54) is 170 Å². The number of esters is 2. The number of amides is 1. The smallest absolute Gasteiger partial charge is 0.352 e. The van der Waals surface area contributed by atoms with Crippen LogP contribution in [0.2, 0.25) is 0 Å². The summed E-state index contributed by atoms with van der Waals surface area (Å²) in [6, 6.07) is 42.7. The first-order chi connectivity index (χ1) is 48.8. The fourth-order valence-electron chi connectivity index (χ4n) is 18.8. The normalized spacial score (nSPS) is 16.4. The Kier molecular flexibility index (Phi) is 17.1. The third kappa shape index (κ3) is 10.9. The second kappa shape index (κ2) is 26.5. The number of nitrogens with two attached hydrogens (primary N) is 2. The summed E-state index contributed by atoms with van der Waals surface area (Å²) < 4.78 is 23.7. The summed E-state index contributed by atoms with van der Waals surface area (Å²) in [5, 5.41) is 26.4. The predicted molar refractivity (Wildman–Crippen MR) is 393 cm³/mol. The zero-order valence-corrected chi connectivity index (χ0v) is 57.1. The van der Waals surface area contributed by atoms with E-state index in [1.807, 2.05) is 53.1 Å². The Morgan fingerprint density at radius 1 is 0.400 bits per heavy atom. The minimum Gasteiger partial charge on any atom is -0.478 e. The monoisotopic (exact) mass is 1340 g/mol. The molecule has 1 amide bonds. The van der Waals surface area contributed by atoms with Gasteiger partial charge in [-0.2, -0.15) is 0 Å². The molecule has 6 aromatic carbocycles. The number of aromatic carboxylic acids is 2. The average molecular weight is 1340 g/mol. The molecule has 0 unspecified atom stereocenters. The molecule has 12 aromatic rings. The first-order valence-corrected chi connectivity index (χ1v) is 36.3. The molecule has 9 heterocycles. The molecule has 6 aromatic heterocycles. The number of aryl methyl sites for hydroxylation is 6. The molecule has 100 heavy (non-hydrogen) atoms. The van der Waals surface area contributed by atoms with Crippen molar-refractivity contribution in [3.05, 3.63) is 178 Å². The lowest BCUT2D eigenvalue weighted by molar-refractivity contribution is 0.0592. The highest BCUT2D eigenvalue weighted by atomic mass is 16.5. The zero-order chi connectivity index (χ0) is 68.6. The SMILES string of the molecule is COC(=O)c1ccc2c(C3CCCCC3)c3n(c2c1)CCCn1c(C(=O)O)cc2cccc-3c21.COC(=O)c1ccc2c(C3CCCCC3)c3n(c2c1)CCCn1c(C(N)=O)cc2cccc-3c21.NCc1cc2cccc3c2n1CCCn1c-3c(C2CCCCC2)c2ccc(C(=O)O)cc21. The zero-order valence-electron chi connectivity index (χ0n) is 57.1. The van der Waals surface area contributed by atoms with Crippen molar-refractivity contribution < 1.29 is 43.7 Å². The summed E-state index contributed by atoms with van der Waals surface area (Å²) in [7, 11) is 2.84. The van der Waals surface area contributed by atoms with Crippen molar-refractivity contribution in [2.45, 2.75) is 179 Å². The van der Waals surface area contributed by atoms with Crippen LogP contribution in [0.3, 0.4) is 0 Å². The molecule has 17 nitrogen and oxygen atoms in total. The molecular weight excluding hydrogens is 1250 g/mol. The minimum atomic E-state index is -0.890. The molecule has 17 heteroatoms. The number of carboxylic acid groups (broad SMARTS) is 2. The number of rotatable bonds is 9. The topological polar surface area (TPSA) is 226 Å². The van der Waals surface area contributed by atoms with E-state index in [1.54, 1.807) is 12.1 Å². The lowest BCUT2D eigenvalue weighted by Crippen LogP contribution is -2.19. The van der Waals surface area contributed by atoms with Crippen LogP contribution in [0.25, 0.3) is 99.2 Å². The Morgan fingerprint density at radius 2 is 0.750 bits per heavy atom. The van der Waals surface area contributed by atoms with Gasteiger partial charge in [0.05, 0.1) is 64.5 Å². The van der Waals surface area contributed by atoms with Crippen LogP contribution in [-0.2, 0) is 55.3 Å². The number of hydrogen-bond donors (Lipinski definition) is 4. The van der Waals surface area contributed by atoms with E-state index in [0.29, 0.717) is 65.5 Å². The average Bonchev–Trinajstić information content (AvgIpc) is 1.58. The summed E-state index contributed by atoms with van der Waals surface area (Å²) in [5.74, 6) is -1.34. The van der Waals surface area contributed by atoms with Crippen molar-refractivity contribution in [1.29, 1.82) is 0 Å². The highest BCUT2D eigenvalue weighted by Crippen LogP contribution is 2.51. The Balaban J connectivity index is 0.000000117. The largest absolute Gasteiger partial charge is 0.478 e. The van der Waals surface area contributed by atoms with Crippen LogP contribution in [0.4, 0.5) is 0 Å². The summed E-state index contributed by atoms with van der Waals surface area (Å²) in [4.78, 5) is 60.8. The number of para-hydroxylation sites is 3. The van der Waals surface area contributed by atoms with Crippen molar-refractivity contribution in [3.63, 3.8) is 0 Å². The predicted octanol–water partition coefficient (Wildman–Crippen LogP) is 17.7. The molecule has 512 valence electrons. The Morgan fingerprint density at radius 3 is 1.13 bits per heavy atom. The quantitative estimate of drug-likeness (QED) is 0.1000. The van der Waals surface area contributed by atoms with Gasteiger partial charge in [0.2, 0.25) is 0 Å². The van der Waals surface area contributed by atoms with Gasteiger partial charge in [0.25, 0.3) is 5.91 Å². The van der Waals surface area contributed by atoms with Gasteiger partial charge in [-0.1, -0.05) is 131 Å². The maximum atomic E-state index is 12.4. The molecule has 3 saturated carbocycles. The van der Waals surface area contributed by atoms with E-state index in [2.05, 4.69) is 89.6 Å². The first-order valence-electron chi connectivity index (χ1n) is 36.3. The van der Waals surface area contributed by atoms with Gasteiger partial charge in [-0.25, -0.2) is 19.2 Å². The van der Waals surface area contributed by atoms with Crippen LogP contribution >= 0.6 is 0 Å². The number of nitrogens with zero attached hydrogens (tertiary/aromatic N) is 6. The molecule has 3 fully saturated rings. The molecule has 0 atom stereocenters. The number of carbonyl (C=O) groups excluding carboxylic acids is 3. The standard InChI is InChI=1S/C28H29N3O3.C28H28N2O4.C27H29N3O2/c1-34-28(33)19-11-12-20-22(16-19)30-13-6-14-31-23(27(29)32)15-18-9-5-10-21(25(18)31)26(30)24(20)17-7-3-2-4-8-17;1-34-28(33)19-11-12-20-22(16-19)29-13-6-14-30-23(27(31)32)15-18-9-5-10-21(25(18)30)26(29)24(20)17-7-3-2-4-8-17;28-16-20-14-18-8-4-9-22-25(18)29(20)12-5-13-30-23-15-19(27(31)32)10-11-21(23)24(26(22)30)17-6-2-1-3-7-17/h5,9-12,15-17H,2-4,6-8,13-14H2,1H3,(H2,29,32);5,9-12,15-17H,2-4,6-8,13-14H2,1H3,(H,31,32);4,8-11,14-15,17H,1-3,5-7,12-13,16,28H2,(H,31,32). The minimum absolute atomic E-state index is 0.315. The van der Waals surface area contributed by atoms with Crippen LogP contribution in [0, 0.1) is 0 Å². The van der Waals surface area contributed by atoms with Crippen molar-refractivity contribution >= 4 is 95.2 Å². The molecule has 0 radical (unpaired) electrons. The van der Waals surface area contributed by atoms with E-state index >= 15 is 0 Å². The number of aromatic nitrogens is 6. The van der Waals surface area contributed by atoms with Crippen molar-refractivity contribution in [2.75, 3.05) is 14.2 Å².